The van der Waals surface area contributed by atoms with Crippen molar-refractivity contribution in [1.82, 2.24) is 9.97 Å². The molecular weight excluding hydrogens is 391 g/mol. The molecule has 0 fully saturated rings. The van der Waals surface area contributed by atoms with Gasteiger partial charge in [-0.15, -0.1) is 0 Å². The molecular formula is C23H18Cl2N2O. The number of rotatable bonds is 5. The van der Waals surface area contributed by atoms with Crippen LogP contribution in [0, 0.1) is 0 Å². The van der Waals surface area contributed by atoms with Crippen molar-refractivity contribution in [2.45, 2.75) is 19.3 Å². The number of hydrogen-bond acceptors (Lipinski definition) is 2. The molecule has 3 nitrogen and oxygen atoms in total. The van der Waals surface area contributed by atoms with Gasteiger partial charge in [0.25, 0.3) is 0 Å². The molecule has 0 radical (unpaired) electrons. The standard InChI is InChI=1S/C23H18Cl2N2O/c1-14(15-6-3-2-4-7-15)12-21(28)16-10-11-19-20(13-16)27-23(26-19)22-17(24)8-5-9-18(22)25/h2-11,13-14H,12H2,1H3,(H,26,27)/t14-/m0/s1. The fraction of sp³-hybridized carbons (Fsp3) is 0.130. The topological polar surface area (TPSA) is 45.8 Å². The minimum absolute atomic E-state index is 0.102. The van der Waals surface area contributed by atoms with Crippen molar-refractivity contribution in [3.8, 4) is 11.4 Å². The fourth-order valence-electron chi connectivity index (χ4n) is 3.32. The van der Waals surface area contributed by atoms with Gasteiger partial charge in [0.15, 0.2) is 5.78 Å². The van der Waals surface area contributed by atoms with Crippen molar-refractivity contribution in [2.75, 3.05) is 0 Å². The minimum atomic E-state index is 0.102. The molecule has 3 aromatic carbocycles. The lowest BCUT2D eigenvalue weighted by Gasteiger charge is -2.10. The number of benzene rings is 3. The van der Waals surface area contributed by atoms with E-state index in [1.807, 2.05) is 36.4 Å². The van der Waals surface area contributed by atoms with Crippen molar-refractivity contribution in [3.05, 3.63) is 87.9 Å². The summed E-state index contributed by atoms with van der Waals surface area (Å²) in [5, 5.41) is 1.05. The van der Waals surface area contributed by atoms with Crippen LogP contribution in [0.15, 0.2) is 66.7 Å². The molecule has 0 unspecified atom stereocenters. The van der Waals surface area contributed by atoms with E-state index < -0.39 is 0 Å². The van der Waals surface area contributed by atoms with Gasteiger partial charge in [-0.05, 0) is 41.8 Å². The molecule has 0 aliphatic carbocycles. The van der Waals surface area contributed by atoms with Crippen molar-refractivity contribution in [2.24, 2.45) is 0 Å². The lowest BCUT2D eigenvalue weighted by Crippen LogP contribution is -2.05. The summed E-state index contributed by atoms with van der Waals surface area (Å²) >= 11 is 12.6. The highest BCUT2D eigenvalue weighted by Crippen LogP contribution is 2.34. The number of ketones is 1. The number of fused-ring (bicyclic) bond motifs is 1. The number of carbonyl (C=O) groups is 1. The summed E-state index contributed by atoms with van der Waals surface area (Å²) in [5.74, 6) is 0.849. The van der Waals surface area contributed by atoms with Crippen LogP contribution in [-0.4, -0.2) is 15.8 Å². The van der Waals surface area contributed by atoms with E-state index in [0.717, 1.165) is 16.6 Å². The van der Waals surface area contributed by atoms with Gasteiger partial charge >= 0.3 is 0 Å². The second kappa shape index (κ2) is 7.78. The Balaban J connectivity index is 1.62. The van der Waals surface area contributed by atoms with Crippen molar-refractivity contribution >= 4 is 40.0 Å². The van der Waals surface area contributed by atoms with Crippen LogP contribution in [0.25, 0.3) is 22.4 Å². The average Bonchev–Trinajstić information content (AvgIpc) is 3.11. The third kappa shape index (κ3) is 3.68. The SMILES string of the molecule is C[C@@H](CC(=O)c1ccc2nc(-c3c(Cl)cccc3Cl)[nH]c2c1)c1ccccc1. The van der Waals surface area contributed by atoms with Crippen LogP contribution in [-0.2, 0) is 0 Å². The molecule has 4 rings (SSSR count). The molecule has 0 aliphatic heterocycles. The predicted molar refractivity (Wildman–Crippen MR) is 115 cm³/mol. The number of nitrogens with one attached hydrogen (secondary N) is 1. The number of nitrogens with zero attached hydrogens (tertiary/aromatic N) is 1. The maximum atomic E-state index is 12.8. The van der Waals surface area contributed by atoms with Gasteiger partial charge in [0.2, 0.25) is 0 Å². The third-order valence-electron chi connectivity index (χ3n) is 4.86. The first-order chi connectivity index (χ1) is 13.5. The summed E-state index contributed by atoms with van der Waals surface area (Å²) in [6.07, 6.45) is 0.451. The van der Waals surface area contributed by atoms with Gasteiger partial charge in [-0.2, -0.15) is 0 Å². The molecule has 1 heterocycles. The zero-order chi connectivity index (χ0) is 19.7. The van der Waals surface area contributed by atoms with Gasteiger partial charge in [-0.25, -0.2) is 4.98 Å². The molecule has 0 saturated carbocycles. The van der Waals surface area contributed by atoms with E-state index in [4.69, 9.17) is 23.2 Å². The van der Waals surface area contributed by atoms with E-state index in [9.17, 15) is 4.79 Å². The van der Waals surface area contributed by atoms with E-state index in [0.29, 0.717) is 33.4 Å². The van der Waals surface area contributed by atoms with Gasteiger partial charge in [-0.1, -0.05) is 66.5 Å². The highest BCUT2D eigenvalue weighted by molar-refractivity contribution is 6.39. The normalized spacial score (nSPS) is 12.2. The van der Waals surface area contributed by atoms with Gasteiger partial charge in [-0.3, -0.25) is 4.79 Å². The number of hydrogen-bond donors (Lipinski definition) is 1. The molecule has 0 saturated heterocycles. The van der Waals surface area contributed by atoms with Crippen LogP contribution in [0.4, 0.5) is 0 Å². The molecule has 5 heteroatoms. The maximum Gasteiger partial charge on any atom is 0.163 e. The van der Waals surface area contributed by atoms with Crippen LogP contribution >= 0.6 is 23.2 Å². The molecule has 1 aromatic heterocycles. The third-order valence-corrected chi connectivity index (χ3v) is 5.49. The van der Waals surface area contributed by atoms with Crippen molar-refractivity contribution in [3.63, 3.8) is 0 Å². The molecule has 28 heavy (non-hydrogen) atoms. The number of H-pyrrole nitrogens is 1. The Morgan fingerprint density at radius 2 is 1.71 bits per heavy atom. The lowest BCUT2D eigenvalue weighted by atomic mass is 9.93. The summed E-state index contributed by atoms with van der Waals surface area (Å²) in [6.45, 7) is 2.07. The summed E-state index contributed by atoms with van der Waals surface area (Å²) in [4.78, 5) is 20.6. The second-order valence-corrected chi connectivity index (χ2v) is 7.67. The summed E-state index contributed by atoms with van der Waals surface area (Å²) in [6, 6.07) is 20.9. The lowest BCUT2D eigenvalue weighted by molar-refractivity contribution is 0.0976. The molecule has 4 aromatic rings. The summed E-state index contributed by atoms with van der Waals surface area (Å²) in [7, 11) is 0. The van der Waals surface area contributed by atoms with Crippen LogP contribution in [0.1, 0.15) is 35.2 Å². The van der Waals surface area contributed by atoms with Crippen LogP contribution in [0.2, 0.25) is 10.0 Å². The van der Waals surface area contributed by atoms with E-state index in [1.165, 1.54) is 0 Å². The second-order valence-electron chi connectivity index (χ2n) is 6.85. The van der Waals surface area contributed by atoms with Gasteiger partial charge in [0.1, 0.15) is 5.82 Å². The Morgan fingerprint density at radius 3 is 2.43 bits per heavy atom. The number of carbonyl (C=O) groups excluding carboxylic acids is 1. The molecule has 0 spiro atoms. The number of imidazole rings is 1. The van der Waals surface area contributed by atoms with Gasteiger partial charge in [0, 0.05) is 12.0 Å². The zero-order valence-corrected chi connectivity index (χ0v) is 16.8. The van der Waals surface area contributed by atoms with Gasteiger partial charge < -0.3 is 4.98 Å². The van der Waals surface area contributed by atoms with Crippen molar-refractivity contribution in [1.29, 1.82) is 0 Å². The molecule has 0 amide bonds. The first kappa shape index (κ1) is 18.7. The van der Waals surface area contributed by atoms with E-state index in [-0.39, 0.29) is 11.7 Å². The molecule has 0 aliphatic rings. The van der Waals surface area contributed by atoms with Gasteiger partial charge in [0.05, 0.1) is 26.6 Å². The first-order valence-electron chi connectivity index (χ1n) is 9.05. The van der Waals surface area contributed by atoms with Crippen LogP contribution in [0.5, 0.6) is 0 Å². The Bertz CT molecular complexity index is 1130. The van der Waals surface area contributed by atoms with Crippen molar-refractivity contribution < 1.29 is 4.79 Å². The smallest absolute Gasteiger partial charge is 0.163 e. The van der Waals surface area contributed by atoms with E-state index >= 15 is 0 Å². The largest absolute Gasteiger partial charge is 0.338 e. The Kier molecular flexibility index (Phi) is 5.21. The quantitative estimate of drug-likeness (QED) is 0.364. The number of Topliss-reactive ketones (excluding diaryl/α,β-unsaturated/α-hetero) is 1. The average molecular weight is 409 g/mol. The Morgan fingerprint density at radius 1 is 1.00 bits per heavy atom. The maximum absolute atomic E-state index is 12.8. The fourth-order valence-corrected chi connectivity index (χ4v) is 3.90. The summed E-state index contributed by atoms with van der Waals surface area (Å²) < 4.78 is 0. The molecule has 1 N–H and O–H groups in total. The number of halogens is 2. The summed E-state index contributed by atoms with van der Waals surface area (Å²) in [5.41, 5.74) is 4.03. The monoisotopic (exact) mass is 408 g/mol. The van der Waals surface area contributed by atoms with E-state index in [1.54, 1.807) is 18.2 Å². The first-order valence-corrected chi connectivity index (χ1v) is 9.81. The minimum Gasteiger partial charge on any atom is -0.338 e. The highest BCUT2D eigenvalue weighted by Gasteiger charge is 2.16. The highest BCUT2D eigenvalue weighted by atomic mass is 35.5. The predicted octanol–water partition coefficient (Wildman–Crippen LogP) is 6.91. The number of aromatic amines is 1. The van der Waals surface area contributed by atoms with Crippen LogP contribution < -0.4 is 0 Å². The van der Waals surface area contributed by atoms with E-state index in [2.05, 4.69) is 29.0 Å². The Hall–Kier alpha value is -2.62. The Labute approximate surface area is 173 Å². The van der Waals surface area contributed by atoms with Crippen LogP contribution in [0.3, 0.4) is 0 Å². The molecule has 1 atom stereocenters. The molecule has 140 valence electrons. The molecule has 0 bridgehead atoms. The zero-order valence-electron chi connectivity index (χ0n) is 15.2. The number of aromatic nitrogens is 2.